The molecular weight excluding hydrogens is 436 g/mol. The molecule has 178 valence electrons. The number of rotatable bonds is 7. The average molecular weight is 467 g/mol. The highest BCUT2D eigenvalue weighted by atomic mass is 16.6. The Bertz CT molecular complexity index is 1270. The number of benzene rings is 4. The van der Waals surface area contributed by atoms with E-state index in [-0.39, 0.29) is 5.92 Å². The number of hydrogen-bond acceptors (Lipinski definition) is 4. The minimum atomic E-state index is -0.949. The van der Waals surface area contributed by atoms with E-state index in [9.17, 15) is 9.59 Å². The molecule has 0 saturated heterocycles. The summed E-state index contributed by atoms with van der Waals surface area (Å²) in [6.07, 6.45) is 4.92. The largest absolute Gasteiger partial charge is 0.426 e. The molecule has 0 spiro atoms. The van der Waals surface area contributed by atoms with Gasteiger partial charge in [0.2, 0.25) is 0 Å². The molecule has 1 aliphatic rings. The first kappa shape index (κ1) is 23.1. The van der Waals surface area contributed by atoms with Gasteiger partial charge in [0.15, 0.2) is 5.92 Å². The van der Waals surface area contributed by atoms with Crippen molar-refractivity contribution in [2.24, 2.45) is 17.8 Å². The van der Waals surface area contributed by atoms with Gasteiger partial charge in [-0.2, -0.15) is 0 Å². The lowest BCUT2D eigenvalue weighted by Crippen LogP contribution is -2.36. The van der Waals surface area contributed by atoms with Crippen LogP contribution in [0, 0.1) is 17.8 Å². The van der Waals surface area contributed by atoms with Crippen LogP contribution in [0.3, 0.4) is 0 Å². The zero-order valence-electron chi connectivity index (χ0n) is 20.0. The van der Waals surface area contributed by atoms with Gasteiger partial charge in [-0.1, -0.05) is 86.8 Å². The van der Waals surface area contributed by atoms with Crippen LogP contribution in [0.4, 0.5) is 0 Å². The summed E-state index contributed by atoms with van der Waals surface area (Å²) in [6.45, 7) is 2.17. The Kier molecular flexibility index (Phi) is 6.80. The number of carbonyl (C=O) groups is 2. The van der Waals surface area contributed by atoms with E-state index in [0.29, 0.717) is 17.4 Å². The molecule has 4 aromatic carbocycles. The standard InChI is InChI=1S/C31H30O4/c1-2-7-21-12-13-26(18-21)29(30(32)34-27-16-14-22-8-3-5-10-24(22)19-27)31(33)35-28-17-15-23-9-4-6-11-25(23)20-28/h3-6,8-11,14-17,19-21,26,29H,2,7,12-13,18H2,1H3. The molecule has 0 N–H and O–H groups in total. The molecule has 5 rings (SSSR count). The van der Waals surface area contributed by atoms with Crippen molar-refractivity contribution in [3.05, 3.63) is 84.9 Å². The van der Waals surface area contributed by atoms with E-state index < -0.39 is 17.9 Å². The van der Waals surface area contributed by atoms with Crippen LogP contribution in [0.5, 0.6) is 11.5 Å². The Morgan fingerprint density at radius 3 is 1.77 bits per heavy atom. The Hall–Kier alpha value is -3.66. The topological polar surface area (TPSA) is 52.6 Å². The zero-order chi connectivity index (χ0) is 24.2. The van der Waals surface area contributed by atoms with Gasteiger partial charge in [0.25, 0.3) is 0 Å². The maximum Gasteiger partial charge on any atom is 0.326 e. The molecule has 0 heterocycles. The lowest BCUT2D eigenvalue weighted by molar-refractivity contribution is -0.154. The lowest BCUT2D eigenvalue weighted by atomic mass is 9.89. The Morgan fingerprint density at radius 2 is 1.26 bits per heavy atom. The van der Waals surface area contributed by atoms with E-state index in [0.717, 1.165) is 53.6 Å². The van der Waals surface area contributed by atoms with Crippen LogP contribution in [0.15, 0.2) is 84.9 Å². The third-order valence-electron chi connectivity index (χ3n) is 7.14. The van der Waals surface area contributed by atoms with Crippen molar-refractivity contribution in [3.63, 3.8) is 0 Å². The van der Waals surface area contributed by atoms with Crippen LogP contribution in [0.25, 0.3) is 21.5 Å². The first-order valence-electron chi connectivity index (χ1n) is 12.5. The molecule has 0 aliphatic heterocycles. The van der Waals surface area contributed by atoms with E-state index in [2.05, 4.69) is 6.92 Å². The summed E-state index contributed by atoms with van der Waals surface area (Å²) in [4.78, 5) is 26.8. The van der Waals surface area contributed by atoms with Crippen molar-refractivity contribution in [1.82, 2.24) is 0 Å². The molecule has 2 unspecified atom stereocenters. The molecule has 35 heavy (non-hydrogen) atoms. The predicted molar refractivity (Wildman–Crippen MR) is 138 cm³/mol. The first-order chi connectivity index (χ1) is 17.1. The molecule has 1 aliphatic carbocycles. The van der Waals surface area contributed by atoms with Crippen LogP contribution >= 0.6 is 0 Å². The van der Waals surface area contributed by atoms with Crippen molar-refractivity contribution in [2.45, 2.75) is 39.0 Å². The summed E-state index contributed by atoms with van der Waals surface area (Å²) < 4.78 is 11.6. The van der Waals surface area contributed by atoms with Crippen molar-refractivity contribution < 1.29 is 19.1 Å². The molecule has 4 nitrogen and oxygen atoms in total. The summed E-state index contributed by atoms with van der Waals surface area (Å²) in [6, 6.07) is 26.9. The van der Waals surface area contributed by atoms with E-state index in [1.807, 2.05) is 72.8 Å². The van der Waals surface area contributed by atoms with Gasteiger partial charge in [-0.15, -0.1) is 0 Å². The lowest BCUT2D eigenvalue weighted by Gasteiger charge is -2.21. The average Bonchev–Trinajstić information content (AvgIpc) is 3.32. The minimum Gasteiger partial charge on any atom is -0.426 e. The number of carbonyl (C=O) groups excluding carboxylic acids is 2. The summed E-state index contributed by atoms with van der Waals surface area (Å²) in [7, 11) is 0. The highest BCUT2D eigenvalue weighted by Crippen LogP contribution is 2.39. The SMILES string of the molecule is CCCC1CCC(C(C(=O)Oc2ccc3ccccc3c2)C(=O)Oc2ccc3ccccc3c2)C1. The highest BCUT2D eigenvalue weighted by molar-refractivity contribution is 5.98. The van der Waals surface area contributed by atoms with Gasteiger partial charge >= 0.3 is 11.9 Å². The summed E-state index contributed by atoms with van der Waals surface area (Å²) in [5.41, 5.74) is 0. The molecule has 0 bridgehead atoms. The van der Waals surface area contributed by atoms with Crippen LogP contribution in [0.2, 0.25) is 0 Å². The molecule has 1 fully saturated rings. The fraction of sp³-hybridized carbons (Fsp3) is 0.290. The molecule has 2 atom stereocenters. The van der Waals surface area contributed by atoms with Crippen molar-refractivity contribution in [2.75, 3.05) is 0 Å². The van der Waals surface area contributed by atoms with Crippen LogP contribution in [0.1, 0.15) is 39.0 Å². The molecule has 4 heteroatoms. The smallest absolute Gasteiger partial charge is 0.326 e. The van der Waals surface area contributed by atoms with E-state index in [1.165, 1.54) is 0 Å². The Labute approximate surface area is 205 Å². The quantitative estimate of drug-likeness (QED) is 0.162. The van der Waals surface area contributed by atoms with E-state index in [1.54, 1.807) is 12.1 Å². The summed E-state index contributed by atoms with van der Waals surface area (Å²) in [5, 5.41) is 4.10. The van der Waals surface area contributed by atoms with Crippen molar-refractivity contribution in [3.8, 4) is 11.5 Å². The van der Waals surface area contributed by atoms with Crippen molar-refractivity contribution >= 4 is 33.5 Å². The molecule has 4 aromatic rings. The van der Waals surface area contributed by atoms with Crippen LogP contribution in [-0.2, 0) is 9.59 Å². The van der Waals surface area contributed by atoms with Gasteiger partial charge < -0.3 is 9.47 Å². The van der Waals surface area contributed by atoms with E-state index in [4.69, 9.17) is 9.47 Å². The minimum absolute atomic E-state index is 0.0764. The fourth-order valence-electron chi connectivity index (χ4n) is 5.39. The number of hydrogen-bond donors (Lipinski definition) is 0. The molecule has 1 saturated carbocycles. The molecule has 0 aromatic heterocycles. The van der Waals surface area contributed by atoms with Crippen LogP contribution in [-0.4, -0.2) is 11.9 Å². The van der Waals surface area contributed by atoms with Gasteiger partial charge in [-0.3, -0.25) is 9.59 Å². The van der Waals surface area contributed by atoms with Crippen LogP contribution < -0.4 is 9.47 Å². The first-order valence-corrected chi connectivity index (χ1v) is 12.5. The fourth-order valence-corrected chi connectivity index (χ4v) is 5.39. The normalized spacial score (nSPS) is 17.7. The number of esters is 2. The third-order valence-corrected chi connectivity index (χ3v) is 7.14. The second kappa shape index (κ2) is 10.3. The zero-order valence-corrected chi connectivity index (χ0v) is 20.0. The summed E-state index contributed by atoms with van der Waals surface area (Å²) >= 11 is 0. The molecule has 0 radical (unpaired) electrons. The second-order valence-electron chi connectivity index (χ2n) is 9.57. The van der Waals surface area contributed by atoms with Gasteiger partial charge in [0.05, 0.1) is 0 Å². The predicted octanol–water partition coefficient (Wildman–Crippen LogP) is 7.34. The van der Waals surface area contributed by atoms with Gasteiger partial charge in [-0.25, -0.2) is 0 Å². The molecule has 0 amide bonds. The third kappa shape index (κ3) is 5.22. The Morgan fingerprint density at radius 1 is 0.743 bits per heavy atom. The Balaban J connectivity index is 1.38. The van der Waals surface area contributed by atoms with Crippen molar-refractivity contribution in [1.29, 1.82) is 0 Å². The number of ether oxygens (including phenoxy) is 2. The maximum absolute atomic E-state index is 13.4. The van der Waals surface area contributed by atoms with Gasteiger partial charge in [0.1, 0.15) is 11.5 Å². The summed E-state index contributed by atoms with van der Waals surface area (Å²) in [5.74, 6) is -0.668. The monoisotopic (exact) mass is 466 g/mol. The highest BCUT2D eigenvalue weighted by Gasteiger charge is 2.42. The molecular formula is C31H30O4. The maximum atomic E-state index is 13.4. The number of fused-ring (bicyclic) bond motifs is 2. The van der Waals surface area contributed by atoms with Gasteiger partial charge in [-0.05, 0) is 70.5 Å². The second-order valence-corrected chi connectivity index (χ2v) is 9.57. The van der Waals surface area contributed by atoms with Gasteiger partial charge in [0, 0.05) is 0 Å². The van der Waals surface area contributed by atoms with E-state index >= 15 is 0 Å².